The van der Waals surface area contributed by atoms with Crippen LogP contribution in [-0.4, -0.2) is 11.9 Å². The third-order valence-corrected chi connectivity index (χ3v) is 2.97. The van der Waals surface area contributed by atoms with Crippen LogP contribution in [0, 0.1) is 6.92 Å². The van der Waals surface area contributed by atoms with Gasteiger partial charge >= 0.3 is 0 Å². The van der Waals surface area contributed by atoms with E-state index in [1.54, 1.807) is 6.92 Å². The molecule has 1 unspecified atom stereocenters. The van der Waals surface area contributed by atoms with Gasteiger partial charge in [-0.1, -0.05) is 29.8 Å². The molecule has 0 radical (unpaired) electrons. The summed E-state index contributed by atoms with van der Waals surface area (Å²) in [4.78, 5) is 13.6. The van der Waals surface area contributed by atoms with Crippen LogP contribution in [-0.2, 0) is 4.79 Å². The Bertz CT molecular complexity index is 405. The highest BCUT2D eigenvalue weighted by Gasteiger charge is 2.22. The molecule has 0 fully saturated rings. The van der Waals surface area contributed by atoms with Crippen LogP contribution in [0.15, 0.2) is 36.4 Å². The van der Waals surface area contributed by atoms with Crippen molar-refractivity contribution in [2.45, 2.75) is 32.7 Å². The third-order valence-electron chi connectivity index (χ3n) is 2.97. The first-order chi connectivity index (χ1) is 7.68. The Morgan fingerprint density at radius 3 is 2.50 bits per heavy atom. The van der Waals surface area contributed by atoms with Gasteiger partial charge < -0.3 is 4.90 Å². The van der Waals surface area contributed by atoms with Gasteiger partial charge in [0.1, 0.15) is 0 Å². The van der Waals surface area contributed by atoms with Crippen LogP contribution >= 0.6 is 0 Å². The number of carbonyl (C=O) groups excluding carboxylic acids is 1. The van der Waals surface area contributed by atoms with E-state index in [9.17, 15) is 4.79 Å². The Labute approximate surface area is 96.6 Å². The first-order valence-electron chi connectivity index (χ1n) is 5.71. The molecule has 0 heterocycles. The van der Waals surface area contributed by atoms with E-state index in [0.717, 1.165) is 18.5 Å². The summed E-state index contributed by atoms with van der Waals surface area (Å²) in [7, 11) is 0. The number of benzene rings is 1. The molecule has 1 aliphatic carbocycles. The van der Waals surface area contributed by atoms with Crippen molar-refractivity contribution >= 4 is 11.6 Å². The Hall–Kier alpha value is -1.57. The van der Waals surface area contributed by atoms with Crippen molar-refractivity contribution in [1.82, 2.24) is 0 Å². The number of amides is 1. The fraction of sp³-hybridized carbons (Fsp3) is 0.357. The number of allylic oxidation sites excluding steroid dienone is 1. The second-order valence-electron chi connectivity index (χ2n) is 4.30. The first kappa shape index (κ1) is 10.9. The highest BCUT2D eigenvalue weighted by atomic mass is 16.2. The van der Waals surface area contributed by atoms with E-state index < -0.39 is 0 Å². The summed E-state index contributed by atoms with van der Waals surface area (Å²) in [6, 6.07) is 8.36. The van der Waals surface area contributed by atoms with Gasteiger partial charge in [-0.05, 0) is 31.9 Å². The quantitative estimate of drug-likeness (QED) is 0.694. The standard InChI is InChI=1S/C14H17NO/c1-11-7-9-14(10-8-11)15(12(2)16)13-5-3-4-6-13/h3,5,7-10,13H,4,6H2,1-2H3. The SMILES string of the molecule is CC(=O)N(c1ccc(C)cc1)C1C=CCC1. The lowest BCUT2D eigenvalue weighted by Crippen LogP contribution is -2.36. The van der Waals surface area contributed by atoms with E-state index in [1.807, 2.05) is 29.2 Å². The molecular weight excluding hydrogens is 198 g/mol. The smallest absolute Gasteiger partial charge is 0.224 e. The van der Waals surface area contributed by atoms with E-state index in [4.69, 9.17) is 0 Å². The Morgan fingerprint density at radius 2 is 2.00 bits per heavy atom. The van der Waals surface area contributed by atoms with Crippen molar-refractivity contribution in [3.05, 3.63) is 42.0 Å². The summed E-state index contributed by atoms with van der Waals surface area (Å²) in [5.41, 5.74) is 2.21. The van der Waals surface area contributed by atoms with Crippen LogP contribution in [0.25, 0.3) is 0 Å². The third kappa shape index (κ3) is 2.16. The highest BCUT2D eigenvalue weighted by molar-refractivity contribution is 5.92. The molecule has 0 saturated heterocycles. The van der Waals surface area contributed by atoms with Crippen LogP contribution in [0.3, 0.4) is 0 Å². The van der Waals surface area contributed by atoms with Crippen LogP contribution in [0.2, 0.25) is 0 Å². The number of aryl methyl sites for hydroxylation is 1. The van der Waals surface area contributed by atoms with Gasteiger partial charge in [0.05, 0.1) is 6.04 Å². The molecule has 2 nitrogen and oxygen atoms in total. The van der Waals surface area contributed by atoms with Crippen molar-refractivity contribution in [3.63, 3.8) is 0 Å². The van der Waals surface area contributed by atoms with Gasteiger partial charge in [0.15, 0.2) is 0 Å². The maximum Gasteiger partial charge on any atom is 0.224 e. The van der Waals surface area contributed by atoms with Crippen LogP contribution in [0.1, 0.15) is 25.3 Å². The molecule has 0 saturated carbocycles. The number of rotatable bonds is 2. The lowest BCUT2D eigenvalue weighted by molar-refractivity contribution is -0.116. The fourth-order valence-electron chi connectivity index (χ4n) is 2.14. The Kier molecular flexibility index (Phi) is 3.09. The molecule has 1 aliphatic rings. The van der Waals surface area contributed by atoms with E-state index in [-0.39, 0.29) is 11.9 Å². The molecule has 2 heteroatoms. The summed E-state index contributed by atoms with van der Waals surface area (Å²) < 4.78 is 0. The molecule has 1 amide bonds. The first-order valence-corrected chi connectivity index (χ1v) is 5.71. The van der Waals surface area contributed by atoms with Crippen molar-refractivity contribution in [1.29, 1.82) is 0 Å². The molecule has 1 aromatic carbocycles. The maximum atomic E-state index is 11.7. The zero-order valence-electron chi connectivity index (χ0n) is 9.81. The number of carbonyl (C=O) groups is 1. The maximum absolute atomic E-state index is 11.7. The van der Waals surface area contributed by atoms with Gasteiger partial charge in [-0.2, -0.15) is 0 Å². The summed E-state index contributed by atoms with van der Waals surface area (Å²) >= 11 is 0. The summed E-state index contributed by atoms with van der Waals surface area (Å²) in [5.74, 6) is 0.111. The predicted molar refractivity (Wildman–Crippen MR) is 66.5 cm³/mol. The lowest BCUT2D eigenvalue weighted by Gasteiger charge is -2.27. The normalized spacial score (nSPS) is 18.8. The van der Waals surface area contributed by atoms with Gasteiger partial charge in [-0.3, -0.25) is 4.79 Å². The highest BCUT2D eigenvalue weighted by Crippen LogP contribution is 2.24. The van der Waals surface area contributed by atoms with Crippen LogP contribution < -0.4 is 4.90 Å². The van der Waals surface area contributed by atoms with E-state index in [1.165, 1.54) is 5.56 Å². The molecule has 2 rings (SSSR count). The average Bonchev–Trinajstić information content (AvgIpc) is 2.74. The topological polar surface area (TPSA) is 20.3 Å². The summed E-state index contributed by atoms with van der Waals surface area (Å²) in [6.45, 7) is 3.68. The minimum Gasteiger partial charge on any atom is -0.306 e. The van der Waals surface area contributed by atoms with E-state index in [2.05, 4.69) is 19.1 Å². The van der Waals surface area contributed by atoms with Gasteiger partial charge in [-0.25, -0.2) is 0 Å². The molecule has 16 heavy (non-hydrogen) atoms. The van der Waals surface area contributed by atoms with Crippen LogP contribution in [0.5, 0.6) is 0 Å². The summed E-state index contributed by atoms with van der Waals surface area (Å²) in [5, 5.41) is 0. The van der Waals surface area contributed by atoms with Crippen LogP contribution in [0.4, 0.5) is 5.69 Å². The largest absolute Gasteiger partial charge is 0.306 e. The summed E-state index contributed by atoms with van der Waals surface area (Å²) in [6.07, 6.45) is 6.38. The Morgan fingerprint density at radius 1 is 1.31 bits per heavy atom. The fourth-order valence-corrected chi connectivity index (χ4v) is 2.14. The lowest BCUT2D eigenvalue weighted by atomic mass is 10.1. The van der Waals surface area contributed by atoms with E-state index in [0.29, 0.717) is 0 Å². The molecule has 84 valence electrons. The minimum absolute atomic E-state index is 0.111. The van der Waals surface area contributed by atoms with Crippen molar-refractivity contribution in [2.75, 3.05) is 4.90 Å². The number of anilines is 1. The number of hydrogen-bond donors (Lipinski definition) is 0. The van der Waals surface area contributed by atoms with Crippen molar-refractivity contribution in [3.8, 4) is 0 Å². The molecular formula is C14H17NO. The molecule has 0 bridgehead atoms. The Balaban J connectivity index is 2.28. The molecule has 1 aromatic rings. The zero-order valence-corrected chi connectivity index (χ0v) is 9.81. The molecule has 0 aliphatic heterocycles. The number of hydrogen-bond acceptors (Lipinski definition) is 1. The second-order valence-corrected chi connectivity index (χ2v) is 4.30. The molecule has 0 spiro atoms. The number of nitrogens with zero attached hydrogens (tertiary/aromatic N) is 1. The average molecular weight is 215 g/mol. The van der Waals surface area contributed by atoms with Crippen molar-refractivity contribution < 1.29 is 4.79 Å². The zero-order chi connectivity index (χ0) is 11.5. The van der Waals surface area contributed by atoms with E-state index >= 15 is 0 Å². The molecule has 0 N–H and O–H groups in total. The predicted octanol–water partition coefficient (Wildman–Crippen LogP) is 3.07. The molecule has 0 aromatic heterocycles. The molecule has 1 atom stereocenters. The minimum atomic E-state index is 0.111. The van der Waals surface area contributed by atoms with Crippen molar-refractivity contribution in [2.24, 2.45) is 0 Å². The van der Waals surface area contributed by atoms with Gasteiger partial charge in [0, 0.05) is 12.6 Å². The monoisotopic (exact) mass is 215 g/mol. The van der Waals surface area contributed by atoms with Gasteiger partial charge in [0.25, 0.3) is 0 Å². The second kappa shape index (κ2) is 4.52. The van der Waals surface area contributed by atoms with Gasteiger partial charge in [0.2, 0.25) is 5.91 Å². The van der Waals surface area contributed by atoms with Gasteiger partial charge in [-0.15, -0.1) is 0 Å².